The summed E-state index contributed by atoms with van der Waals surface area (Å²) in [6.07, 6.45) is 4.51. The predicted octanol–water partition coefficient (Wildman–Crippen LogP) is 3.00. The van der Waals surface area contributed by atoms with E-state index in [1.807, 2.05) is 6.92 Å². The summed E-state index contributed by atoms with van der Waals surface area (Å²) in [4.78, 5) is 11.1. The van der Waals surface area contributed by atoms with Crippen LogP contribution in [0.3, 0.4) is 0 Å². The third-order valence-electron chi connectivity index (χ3n) is 1.80. The summed E-state index contributed by atoms with van der Waals surface area (Å²) < 4.78 is 0. The van der Waals surface area contributed by atoms with Crippen molar-refractivity contribution in [1.29, 1.82) is 0 Å². The summed E-state index contributed by atoms with van der Waals surface area (Å²) in [5, 5.41) is 0. The second-order valence-corrected chi connectivity index (χ2v) is 3.24. The summed E-state index contributed by atoms with van der Waals surface area (Å²) in [6.45, 7) is 7.94. The van der Waals surface area contributed by atoms with E-state index in [0.29, 0.717) is 11.7 Å². The standard InChI is InChI=1S/C10H19O/c1-4-6-9(3)8-10(11)7-5-2/h9H,1,4-8H2,2-3H3. The van der Waals surface area contributed by atoms with E-state index in [2.05, 4.69) is 13.8 Å². The first-order valence-corrected chi connectivity index (χ1v) is 4.51. The summed E-state index contributed by atoms with van der Waals surface area (Å²) >= 11 is 0. The van der Waals surface area contributed by atoms with Gasteiger partial charge in [-0.1, -0.05) is 33.6 Å². The molecule has 1 heteroatoms. The highest BCUT2D eigenvalue weighted by Gasteiger charge is 2.06. The minimum atomic E-state index is 0.411. The van der Waals surface area contributed by atoms with E-state index < -0.39 is 0 Å². The molecule has 1 radical (unpaired) electrons. The summed E-state index contributed by atoms with van der Waals surface area (Å²) in [6, 6.07) is 0. The van der Waals surface area contributed by atoms with Gasteiger partial charge in [-0.05, 0) is 12.3 Å². The van der Waals surface area contributed by atoms with Crippen molar-refractivity contribution in [2.24, 2.45) is 5.92 Å². The number of carbonyl (C=O) groups is 1. The topological polar surface area (TPSA) is 17.1 Å². The second kappa shape index (κ2) is 6.38. The Morgan fingerprint density at radius 2 is 2.18 bits per heavy atom. The Morgan fingerprint density at radius 1 is 1.55 bits per heavy atom. The monoisotopic (exact) mass is 155 g/mol. The van der Waals surface area contributed by atoms with Gasteiger partial charge >= 0.3 is 0 Å². The van der Waals surface area contributed by atoms with Crippen molar-refractivity contribution in [3.05, 3.63) is 6.92 Å². The molecule has 0 rings (SSSR count). The Bertz CT molecular complexity index is 107. The van der Waals surface area contributed by atoms with Crippen LogP contribution in [0.5, 0.6) is 0 Å². The van der Waals surface area contributed by atoms with E-state index in [-0.39, 0.29) is 0 Å². The third-order valence-corrected chi connectivity index (χ3v) is 1.80. The van der Waals surface area contributed by atoms with Crippen LogP contribution < -0.4 is 0 Å². The average Bonchev–Trinajstić information content (AvgIpc) is 1.87. The molecule has 0 fully saturated rings. The largest absolute Gasteiger partial charge is 0.300 e. The average molecular weight is 155 g/mol. The zero-order valence-corrected chi connectivity index (χ0v) is 7.73. The van der Waals surface area contributed by atoms with Crippen LogP contribution in [0.4, 0.5) is 0 Å². The molecule has 0 aromatic rings. The number of ketones is 1. The highest BCUT2D eigenvalue weighted by molar-refractivity contribution is 5.78. The van der Waals surface area contributed by atoms with E-state index in [1.54, 1.807) is 0 Å². The van der Waals surface area contributed by atoms with Crippen molar-refractivity contribution < 1.29 is 4.79 Å². The molecular formula is C10H19O. The molecule has 0 bridgehead atoms. The van der Waals surface area contributed by atoms with Crippen molar-refractivity contribution in [2.75, 3.05) is 0 Å². The molecule has 0 aromatic carbocycles. The van der Waals surface area contributed by atoms with Crippen LogP contribution in [-0.2, 0) is 4.79 Å². The van der Waals surface area contributed by atoms with Crippen LogP contribution in [0.15, 0.2) is 0 Å². The first kappa shape index (κ1) is 10.7. The normalized spacial score (nSPS) is 13.0. The van der Waals surface area contributed by atoms with Crippen molar-refractivity contribution >= 4 is 5.78 Å². The van der Waals surface area contributed by atoms with Crippen LogP contribution in [0, 0.1) is 12.8 Å². The molecule has 0 N–H and O–H groups in total. The quantitative estimate of drug-likeness (QED) is 0.576. The zero-order valence-electron chi connectivity index (χ0n) is 7.73. The molecule has 0 aliphatic carbocycles. The minimum absolute atomic E-state index is 0.411. The van der Waals surface area contributed by atoms with E-state index in [0.717, 1.165) is 32.1 Å². The maximum Gasteiger partial charge on any atom is 0.133 e. The van der Waals surface area contributed by atoms with Crippen molar-refractivity contribution in [2.45, 2.75) is 46.0 Å². The number of rotatable bonds is 6. The Balaban J connectivity index is 3.40. The lowest BCUT2D eigenvalue weighted by Gasteiger charge is -2.07. The molecule has 0 spiro atoms. The van der Waals surface area contributed by atoms with Gasteiger partial charge in [0.25, 0.3) is 0 Å². The zero-order chi connectivity index (χ0) is 8.69. The molecule has 65 valence electrons. The van der Waals surface area contributed by atoms with E-state index >= 15 is 0 Å². The first-order chi connectivity index (χ1) is 5.20. The van der Waals surface area contributed by atoms with Gasteiger partial charge in [0, 0.05) is 12.8 Å². The number of Topliss-reactive ketones (excluding diaryl/α,β-unsaturated/α-hetero) is 1. The highest BCUT2D eigenvalue weighted by atomic mass is 16.1. The van der Waals surface area contributed by atoms with Gasteiger partial charge in [0.1, 0.15) is 5.78 Å². The van der Waals surface area contributed by atoms with Crippen LogP contribution in [-0.4, -0.2) is 5.78 Å². The van der Waals surface area contributed by atoms with Crippen LogP contribution in [0.25, 0.3) is 0 Å². The first-order valence-electron chi connectivity index (χ1n) is 4.51. The fourth-order valence-electron chi connectivity index (χ4n) is 1.22. The van der Waals surface area contributed by atoms with Crippen LogP contribution >= 0.6 is 0 Å². The van der Waals surface area contributed by atoms with Gasteiger partial charge < -0.3 is 0 Å². The second-order valence-electron chi connectivity index (χ2n) is 3.24. The third kappa shape index (κ3) is 6.08. The lowest BCUT2D eigenvalue weighted by atomic mass is 9.98. The van der Waals surface area contributed by atoms with Gasteiger partial charge in [-0.25, -0.2) is 0 Å². The van der Waals surface area contributed by atoms with Gasteiger partial charge in [-0.2, -0.15) is 0 Å². The van der Waals surface area contributed by atoms with Gasteiger partial charge in [0.15, 0.2) is 0 Å². The maximum atomic E-state index is 11.1. The summed E-state index contributed by atoms with van der Waals surface area (Å²) in [5.74, 6) is 0.944. The molecule has 11 heavy (non-hydrogen) atoms. The van der Waals surface area contributed by atoms with E-state index in [1.165, 1.54) is 0 Å². The molecule has 0 saturated carbocycles. The van der Waals surface area contributed by atoms with Crippen molar-refractivity contribution in [3.8, 4) is 0 Å². The molecule has 1 atom stereocenters. The van der Waals surface area contributed by atoms with E-state index in [9.17, 15) is 4.79 Å². The van der Waals surface area contributed by atoms with Crippen molar-refractivity contribution in [3.63, 3.8) is 0 Å². The molecule has 0 aromatic heterocycles. The fraction of sp³-hybridized carbons (Fsp3) is 0.800. The lowest BCUT2D eigenvalue weighted by Crippen LogP contribution is -2.04. The smallest absolute Gasteiger partial charge is 0.133 e. The molecule has 1 nitrogen and oxygen atoms in total. The number of hydrogen-bond donors (Lipinski definition) is 0. The molecule has 0 saturated heterocycles. The Kier molecular flexibility index (Phi) is 6.19. The van der Waals surface area contributed by atoms with Gasteiger partial charge in [0.05, 0.1) is 0 Å². The van der Waals surface area contributed by atoms with Crippen LogP contribution in [0.2, 0.25) is 0 Å². The van der Waals surface area contributed by atoms with Gasteiger partial charge in [-0.15, -0.1) is 0 Å². The Labute approximate surface area is 70.2 Å². The summed E-state index contributed by atoms with van der Waals surface area (Å²) in [5.41, 5.74) is 0. The number of carbonyl (C=O) groups excluding carboxylic acids is 1. The van der Waals surface area contributed by atoms with E-state index in [4.69, 9.17) is 0 Å². The Hall–Kier alpha value is -0.330. The van der Waals surface area contributed by atoms with Crippen molar-refractivity contribution in [1.82, 2.24) is 0 Å². The van der Waals surface area contributed by atoms with Gasteiger partial charge in [-0.3, -0.25) is 4.79 Å². The predicted molar refractivity (Wildman–Crippen MR) is 48.3 cm³/mol. The lowest BCUT2D eigenvalue weighted by molar-refractivity contribution is -0.119. The minimum Gasteiger partial charge on any atom is -0.300 e. The Morgan fingerprint density at radius 3 is 2.64 bits per heavy atom. The fourth-order valence-corrected chi connectivity index (χ4v) is 1.22. The van der Waals surface area contributed by atoms with Crippen LogP contribution in [0.1, 0.15) is 46.0 Å². The maximum absolute atomic E-state index is 11.1. The molecule has 0 aliphatic heterocycles. The summed E-state index contributed by atoms with van der Waals surface area (Å²) in [7, 11) is 0. The molecule has 1 unspecified atom stereocenters. The number of hydrogen-bond acceptors (Lipinski definition) is 1. The molecule has 0 amide bonds. The molecular weight excluding hydrogens is 136 g/mol. The van der Waals surface area contributed by atoms with Gasteiger partial charge in [0.2, 0.25) is 0 Å². The highest BCUT2D eigenvalue weighted by Crippen LogP contribution is 2.11. The molecule has 0 aliphatic rings. The SMILES string of the molecule is [CH2]CCC(C)CC(=O)CCC. The molecule has 0 heterocycles.